The third-order valence-electron chi connectivity index (χ3n) is 2.66. The van der Waals surface area contributed by atoms with Gasteiger partial charge in [0.2, 0.25) is 0 Å². The second kappa shape index (κ2) is 6.32. The number of carbonyl (C=O) groups is 1. The smallest absolute Gasteiger partial charge is 0.255 e. The number of hydrogen-bond acceptors (Lipinski definition) is 5. The molecule has 1 aromatic heterocycles. The molecule has 1 amide bonds. The summed E-state index contributed by atoms with van der Waals surface area (Å²) in [4.78, 5) is 16.1. The standard InChI is InChI=1S/C12H17N3O3/c1-13-11-10(3-2-4-14-11)12(16)15-7-9-8-17-5-6-18-9/h2-4,9H,5-8H2,1H3,(H,13,14)(H,15,16). The van der Waals surface area contributed by atoms with Crippen molar-refractivity contribution in [3.63, 3.8) is 0 Å². The number of pyridine rings is 1. The highest BCUT2D eigenvalue weighted by Gasteiger charge is 2.17. The van der Waals surface area contributed by atoms with E-state index in [0.29, 0.717) is 37.7 Å². The summed E-state index contributed by atoms with van der Waals surface area (Å²) in [5.41, 5.74) is 0.525. The first-order valence-corrected chi connectivity index (χ1v) is 5.91. The van der Waals surface area contributed by atoms with Crippen molar-refractivity contribution in [1.29, 1.82) is 0 Å². The van der Waals surface area contributed by atoms with E-state index in [-0.39, 0.29) is 12.0 Å². The van der Waals surface area contributed by atoms with E-state index in [1.807, 2.05) is 0 Å². The first-order chi connectivity index (χ1) is 8.81. The van der Waals surface area contributed by atoms with E-state index in [0.717, 1.165) is 0 Å². The summed E-state index contributed by atoms with van der Waals surface area (Å²) in [7, 11) is 1.73. The van der Waals surface area contributed by atoms with E-state index < -0.39 is 0 Å². The summed E-state index contributed by atoms with van der Waals surface area (Å²) in [6.45, 7) is 2.16. The van der Waals surface area contributed by atoms with Crippen molar-refractivity contribution in [3.05, 3.63) is 23.9 Å². The summed E-state index contributed by atoms with van der Waals surface area (Å²) < 4.78 is 10.7. The maximum absolute atomic E-state index is 12.0. The molecule has 0 bridgehead atoms. The van der Waals surface area contributed by atoms with Crippen LogP contribution in [0.2, 0.25) is 0 Å². The van der Waals surface area contributed by atoms with Gasteiger partial charge in [0.05, 0.1) is 31.5 Å². The van der Waals surface area contributed by atoms with Gasteiger partial charge in [-0.15, -0.1) is 0 Å². The van der Waals surface area contributed by atoms with Crippen molar-refractivity contribution in [2.24, 2.45) is 0 Å². The van der Waals surface area contributed by atoms with Crippen molar-refractivity contribution >= 4 is 11.7 Å². The Morgan fingerprint density at radius 1 is 1.56 bits per heavy atom. The van der Waals surface area contributed by atoms with Gasteiger partial charge >= 0.3 is 0 Å². The second-order valence-electron chi connectivity index (χ2n) is 3.93. The van der Waals surface area contributed by atoms with E-state index in [4.69, 9.17) is 9.47 Å². The van der Waals surface area contributed by atoms with Gasteiger partial charge in [-0.2, -0.15) is 0 Å². The van der Waals surface area contributed by atoms with Crippen LogP contribution in [0, 0.1) is 0 Å². The van der Waals surface area contributed by atoms with Crippen LogP contribution in [0.5, 0.6) is 0 Å². The lowest BCUT2D eigenvalue weighted by atomic mass is 10.2. The molecule has 0 aliphatic carbocycles. The Balaban J connectivity index is 1.90. The van der Waals surface area contributed by atoms with Gasteiger partial charge in [0.1, 0.15) is 5.82 Å². The van der Waals surface area contributed by atoms with Crippen LogP contribution >= 0.6 is 0 Å². The number of rotatable bonds is 4. The molecule has 6 nitrogen and oxygen atoms in total. The number of anilines is 1. The minimum Gasteiger partial charge on any atom is -0.376 e. The van der Waals surface area contributed by atoms with Gasteiger partial charge in [0, 0.05) is 19.8 Å². The molecule has 1 aliphatic heterocycles. The third kappa shape index (κ3) is 3.18. The number of ether oxygens (including phenoxy) is 2. The normalized spacial score (nSPS) is 19.3. The quantitative estimate of drug-likeness (QED) is 0.803. The van der Waals surface area contributed by atoms with Crippen LogP contribution in [0.15, 0.2) is 18.3 Å². The number of amides is 1. The zero-order valence-corrected chi connectivity index (χ0v) is 10.3. The molecule has 18 heavy (non-hydrogen) atoms. The van der Waals surface area contributed by atoms with Crippen molar-refractivity contribution < 1.29 is 14.3 Å². The predicted molar refractivity (Wildman–Crippen MR) is 66.7 cm³/mol. The van der Waals surface area contributed by atoms with E-state index in [9.17, 15) is 4.79 Å². The molecular weight excluding hydrogens is 234 g/mol. The molecule has 0 saturated carbocycles. The Kier molecular flexibility index (Phi) is 4.49. The van der Waals surface area contributed by atoms with Crippen molar-refractivity contribution in [2.45, 2.75) is 6.10 Å². The van der Waals surface area contributed by atoms with Crippen LogP contribution in [0.1, 0.15) is 10.4 Å². The fourth-order valence-corrected chi connectivity index (χ4v) is 1.74. The summed E-state index contributed by atoms with van der Waals surface area (Å²) in [6, 6.07) is 3.46. The summed E-state index contributed by atoms with van der Waals surface area (Å²) in [6.07, 6.45) is 1.57. The summed E-state index contributed by atoms with van der Waals surface area (Å²) >= 11 is 0. The van der Waals surface area contributed by atoms with Gasteiger partial charge in [0.15, 0.2) is 0 Å². The highest BCUT2D eigenvalue weighted by molar-refractivity contribution is 5.98. The molecule has 2 N–H and O–H groups in total. The second-order valence-corrected chi connectivity index (χ2v) is 3.93. The molecule has 2 rings (SSSR count). The molecule has 1 saturated heterocycles. The fourth-order valence-electron chi connectivity index (χ4n) is 1.74. The number of nitrogens with zero attached hydrogens (tertiary/aromatic N) is 1. The molecule has 0 radical (unpaired) electrons. The predicted octanol–water partition coefficient (Wildman–Crippen LogP) is 0.268. The molecule has 1 unspecified atom stereocenters. The number of carbonyl (C=O) groups excluding carboxylic acids is 1. The molecule has 98 valence electrons. The average Bonchev–Trinajstić information content (AvgIpc) is 2.45. The number of hydrogen-bond donors (Lipinski definition) is 2. The van der Waals surface area contributed by atoms with Crippen molar-refractivity contribution in [3.8, 4) is 0 Å². The van der Waals surface area contributed by atoms with Crippen LogP contribution in [0.25, 0.3) is 0 Å². The highest BCUT2D eigenvalue weighted by Crippen LogP contribution is 2.10. The van der Waals surface area contributed by atoms with E-state index in [2.05, 4.69) is 15.6 Å². The lowest BCUT2D eigenvalue weighted by Crippen LogP contribution is -2.39. The molecule has 0 aromatic carbocycles. The largest absolute Gasteiger partial charge is 0.376 e. The Morgan fingerprint density at radius 2 is 2.44 bits per heavy atom. The van der Waals surface area contributed by atoms with E-state index >= 15 is 0 Å². The zero-order valence-electron chi connectivity index (χ0n) is 10.3. The Labute approximate surface area is 106 Å². The molecule has 1 aliphatic rings. The van der Waals surface area contributed by atoms with E-state index in [1.165, 1.54) is 0 Å². The Hall–Kier alpha value is -1.66. The lowest BCUT2D eigenvalue weighted by molar-refractivity contribution is -0.0855. The Morgan fingerprint density at radius 3 is 3.17 bits per heavy atom. The van der Waals surface area contributed by atoms with Gasteiger partial charge in [-0.3, -0.25) is 4.79 Å². The molecule has 2 heterocycles. The minimum absolute atomic E-state index is 0.0718. The highest BCUT2D eigenvalue weighted by atomic mass is 16.6. The molecule has 1 aromatic rings. The molecule has 1 fully saturated rings. The number of aromatic nitrogens is 1. The SMILES string of the molecule is CNc1ncccc1C(=O)NCC1COCCO1. The number of nitrogens with one attached hydrogen (secondary N) is 2. The lowest BCUT2D eigenvalue weighted by Gasteiger charge is -2.23. The molecule has 0 spiro atoms. The average molecular weight is 251 g/mol. The monoisotopic (exact) mass is 251 g/mol. The van der Waals surface area contributed by atoms with E-state index in [1.54, 1.807) is 25.4 Å². The molecule has 1 atom stereocenters. The first-order valence-electron chi connectivity index (χ1n) is 5.91. The minimum atomic E-state index is -0.165. The molecule has 6 heteroatoms. The Bertz CT molecular complexity index is 405. The fraction of sp³-hybridized carbons (Fsp3) is 0.500. The van der Waals surface area contributed by atoms with Crippen LogP contribution in [0.4, 0.5) is 5.82 Å². The van der Waals surface area contributed by atoms with Crippen LogP contribution in [0.3, 0.4) is 0 Å². The van der Waals surface area contributed by atoms with Gasteiger partial charge in [0.25, 0.3) is 5.91 Å². The van der Waals surface area contributed by atoms with Gasteiger partial charge in [-0.25, -0.2) is 4.98 Å². The summed E-state index contributed by atoms with van der Waals surface area (Å²) in [5, 5.41) is 5.71. The van der Waals surface area contributed by atoms with Gasteiger partial charge in [-0.05, 0) is 12.1 Å². The first kappa shape index (κ1) is 12.8. The van der Waals surface area contributed by atoms with Crippen molar-refractivity contribution in [1.82, 2.24) is 10.3 Å². The zero-order chi connectivity index (χ0) is 12.8. The van der Waals surface area contributed by atoms with Crippen molar-refractivity contribution in [2.75, 3.05) is 38.7 Å². The maximum atomic E-state index is 12.0. The maximum Gasteiger partial charge on any atom is 0.255 e. The van der Waals surface area contributed by atoms with Crippen LogP contribution in [-0.4, -0.2) is 50.4 Å². The van der Waals surface area contributed by atoms with Gasteiger partial charge in [-0.1, -0.05) is 0 Å². The van der Waals surface area contributed by atoms with Crippen LogP contribution < -0.4 is 10.6 Å². The van der Waals surface area contributed by atoms with Gasteiger partial charge < -0.3 is 20.1 Å². The third-order valence-corrected chi connectivity index (χ3v) is 2.66. The van der Waals surface area contributed by atoms with Crippen LogP contribution in [-0.2, 0) is 9.47 Å². The topological polar surface area (TPSA) is 72.5 Å². The molecular formula is C12H17N3O3. The summed E-state index contributed by atoms with van der Waals surface area (Å²) in [5.74, 6) is 0.400.